The SMILES string of the molecule is CCCCC[CH2][K].F. The predicted octanol–water partition coefficient (Wildman–Crippen LogP) is 2.31. The van der Waals surface area contributed by atoms with Gasteiger partial charge in [0.05, 0.1) is 0 Å². The second kappa shape index (κ2) is 11.4. The van der Waals surface area contributed by atoms with E-state index in [2.05, 4.69) is 6.92 Å². The minimum atomic E-state index is 0. The largest absolute Gasteiger partial charge is 0.269 e. The summed E-state index contributed by atoms with van der Waals surface area (Å²) in [6.07, 6.45) is 5.83. The Morgan fingerprint density at radius 2 is 1.75 bits per heavy atom. The molecule has 2 heteroatoms. The molecule has 0 aliphatic heterocycles. The zero-order chi connectivity index (χ0) is 5.54. The fourth-order valence-corrected chi connectivity index (χ4v) is 1.46. The van der Waals surface area contributed by atoms with E-state index in [0.717, 1.165) is 49.0 Å². The molecule has 0 aromatic carbocycles. The molecule has 0 spiro atoms. The molecule has 0 heterocycles. The molecule has 0 radical (unpaired) electrons. The van der Waals surface area contributed by atoms with Crippen LogP contribution in [0.3, 0.4) is 0 Å². The van der Waals surface area contributed by atoms with E-state index in [-0.39, 0.29) is 4.70 Å². The first-order valence-electron chi connectivity index (χ1n) is 3.41. The Balaban J connectivity index is 0. The molecular weight excluding hydrogens is 130 g/mol. The average Bonchev–Trinajstić information content (AvgIpc) is 1.69. The van der Waals surface area contributed by atoms with Gasteiger partial charge in [0, 0.05) is 0 Å². The van der Waals surface area contributed by atoms with Gasteiger partial charge in [0.15, 0.2) is 0 Å². The molecule has 0 nitrogen and oxygen atoms in total. The molecule has 0 N–H and O–H groups in total. The van der Waals surface area contributed by atoms with Crippen molar-refractivity contribution >= 4 is 49.0 Å². The van der Waals surface area contributed by atoms with Gasteiger partial charge in [0.2, 0.25) is 0 Å². The van der Waals surface area contributed by atoms with Gasteiger partial charge in [0.1, 0.15) is 0 Å². The second-order valence-corrected chi connectivity index (χ2v) is 3.62. The van der Waals surface area contributed by atoms with Crippen molar-refractivity contribution in [3.8, 4) is 0 Å². The third kappa shape index (κ3) is 10.5. The van der Waals surface area contributed by atoms with Crippen molar-refractivity contribution in [2.45, 2.75) is 33.1 Å². The summed E-state index contributed by atoms with van der Waals surface area (Å²) in [6, 6.07) is 0. The maximum absolute atomic E-state index is 2.26. The molecule has 0 aliphatic rings. The number of unbranched alkanes of at least 4 members (excludes halogenated alkanes) is 3. The summed E-state index contributed by atoms with van der Waals surface area (Å²) in [7, 11) is 0. The maximum atomic E-state index is 2.26. The molecule has 0 rings (SSSR count). The van der Waals surface area contributed by atoms with E-state index >= 15 is 0 Å². The van der Waals surface area contributed by atoms with Crippen molar-refractivity contribution in [2.24, 2.45) is 0 Å². The van der Waals surface area contributed by atoms with Crippen LogP contribution in [0.4, 0.5) is 4.70 Å². The fourth-order valence-electron chi connectivity index (χ4n) is 0.677. The van der Waals surface area contributed by atoms with Crippen LogP contribution in [-0.4, -0.2) is 49.0 Å². The van der Waals surface area contributed by atoms with Crippen molar-refractivity contribution in [1.29, 1.82) is 0 Å². The van der Waals surface area contributed by atoms with Crippen LogP contribution in [-0.2, 0) is 0 Å². The Kier molecular flexibility index (Phi) is 17.4. The topological polar surface area (TPSA) is 0 Å². The molecule has 0 unspecified atom stereocenters. The van der Waals surface area contributed by atoms with Crippen molar-refractivity contribution in [3.05, 3.63) is 0 Å². The Morgan fingerprint density at radius 1 is 1.12 bits per heavy atom. The van der Waals surface area contributed by atoms with Crippen molar-refractivity contribution < 1.29 is 4.70 Å². The first-order chi connectivity index (χ1) is 3.41. The second-order valence-electron chi connectivity index (χ2n) is 2.06. The van der Waals surface area contributed by atoms with Crippen LogP contribution >= 0.6 is 0 Å². The standard InChI is InChI=1S/C6H13.FH.K/c1-3-5-6-4-2;;/h1,3-6H2,2H3;1H;. The summed E-state index contributed by atoms with van der Waals surface area (Å²) in [5.74, 6) is 0. The summed E-state index contributed by atoms with van der Waals surface area (Å²) in [5, 5.41) is 0. The van der Waals surface area contributed by atoms with Crippen LogP contribution < -0.4 is 0 Å². The number of rotatable bonds is 4. The van der Waals surface area contributed by atoms with E-state index in [4.69, 9.17) is 0 Å². The van der Waals surface area contributed by atoms with Gasteiger partial charge in [-0.05, 0) is 0 Å². The van der Waals surface area contributed by atoms with Gasteiger partial charge in [0.25, 0.3) is 0 Å². The van der Waals surface area contributed by atoms with Gasteiger partial charge in [-0.2, -0.15) is 0 Å². The smallest absolute Gasteiger partial charge is 0.269 e. The minimum absolute atomic E-state index is 0. The summed E-state index contributed by atoms with van der Waals surface area (Å²) >= 11 is 1.11. The normalized spacial score (nSPS) is 8.38. The first-order valence-corrected chi connectivity index (χ1v) is 5.62. The Morgan fingerprint density at radius 3 is 2.12 bits per heavy atom. The van der Waals surface area contributed by atoms with Gasteiger partial charge in [-0.3, -0.25) is 4.70 Å². The zero-order valence-electron chi connectivity index (χ0n) is 5.94. The monoisotopic (exact) mass is 144 g/mol. The van der Waals surface area contributed by atoms with Crippen LogP contribution in [0.15, 0.2) is 0 Å². The molecule has 0 fully saturated rings. The van der Waals surface area contributed by atoms with Crippen molar-refractivity contribution in [3.63, 3.8) is 0 Å². The Labute approximate surface area is 85.4 Å². The van der Waals surface area contributed by atoms with Crippen LogP contribution in [0.5, 0.6) is 0 Å². The van der Waals surface area contributed by atoms with E-state index in [0.29, 0.717) is 0 Å². The van der Waals surface area contributed by atoms with Crippen LogP contribution in [0.2, 0.25) is 0.515 Å². The maximum Gasteiger partial charge on any atom is -0.269 e. The Hall–Kier alpha value is 1.57. The Bertz CT molecular complexity index is 27.7. The van der Waals surface area contributed by atoms with Crippen molar-refractivity contribution in [2.75, 3.05) is 0 Å². The van der Waals surface area contributed by atoms with Crippen LogP contribution in [0.1, 0.15) is 32.6 Å². The van der Waals surface area contributed by atoms with Crippen LogP contribution in [0.25, 0.3) is 0 Å². The van der Waals surface area contributed by atoms with E-state index in [1.807, 2.05) is 0 Å². The number of halogens is 1. The quantitative estimate of drug-likeness (QED) is 0.419. The molecule has 0 aliphatic carbocycles. The van der Waals surface area contributed by atoms with E-state index < -0.39 is 0 Å². The molecule has 0 aromatic heterocycles. The fraction of sp³-hybridized carbons (Fsp3) is 1.00. The van der Waals surface area contributed by atoms with E-state index in [9.17, 15) is 0 Å². The summed E-state index contributed by atoms with van der Waals surface area (Å²) in [5.41, 5.74) is 0. The zero-order valence-corrected chi connectivity index (χ0v) is 9.07. The molecule has 0 saturated carbocycles. The number of hydrogen-bond acceptors (Lipinski definition) is 0. The molecule has 0 amide bonds. The average molecular weight is 144 g/mol. The molecule has 0 saturated heterocycles. The molecule has 46 valence electrons. The van der Waals surface area contributed by atoms with E-state index in [1.165, 1.54) is 25.7 Å². The van der Waals surface area contributed by atoms with Gasteiger partial charge in [-0.15, -0.1) is 0 Å². The molecule has 0 atom stereocenters. The van der Waals surface area contributed by atoms with Crippen LogP contribution in [0, 0.1) is 0 Å². The molecule has 0 bridgehead atoms. The summed E-state index contributed by atoms with van der Waals surface area (Å²) in [4.78, 5) is 0. The molecule has 0 aromatic rings. The summed E-state index contributed by atoms with van der Waals surface area (Å²) in [6.45, 7) is 2.26. The van der Waals surface area contributed by atoms with Gasteiger partial charge in [-0.1, -0.05) is 0 Å². The third-order valence-electron chi connectivity index (χ3n) is 1.21. The number of hydrogen-bond donors (Lipinski definition) is 0. The van der Waals surface area contributed by atoms with Gasteiger partial charge in [-0.25, -0.2) is 0 Å². The van der Waals surface area contributed by atoms with Crippen molar-refractivity contribution in [1.82, 2.24) is 0 Å². The van der Waals surface area contributed by atoms with Gasteiger partial charge < -0.3 is 0 Å². The first kappa shape index (κ1) is 12.3. The van der Waals surface area contributed by atoms with E-state index in [1.54, 1.807) is 0.515 Å². The molecular formula is C6H14FK. The van der Waals surface area contributed by atoms with Gasteiger partial charge >= 0.3 is 82.1 Å². The minimum Gasteiger partial charge on any atom is -0.269 e. The summed E-state index contributed by atoms with van der Waals surface area (Å²) < 4.78 is 1.55. The molecule has 8 heavy (non-hydrogen) atoms. The predicted molar refractivity (Wildman–Crippen MR) is 37.2 cm³/mol. The third-order valence-corrected chi connectivity index (χ3v) is 2.31.